The van der Waals surface area contributed by atoms with Gasteiger partial charge in [-0.25, -0.2) is 4.68 Å². The molecule has 200 valence electrons. The molecule has 0 saturated carbocycles. The second-order valence-electron chi connectivity index (χ2n) is 8.98. The van der Waals surface area contributed by atoms with Gasteiger partial charge in [0.1, 0.15) is 5.69 Å². The van der Waals surface area contributed by atoms with Gasteiger partial charge in [0.2, 0.25) is 5.91 Å². The monoisotopic (exact) mass is 549 g/mol. The summed E-state index contributed by atoms with van der Waals surface area (Å²) >= 11 is 5.65. The first kappa shape index (κ1) is 26.1. The van der Waals surface area contributed by atoms with Crippen molar-refractivity contribution in [3.63, 3.8) is 0 Å². The molecule has 2 unspecified atom stereocenters. The van der Waals surface area contributed by atoms with Gasteiger partial charge in [0.05, 0.1) is 47.6 Å². The van der Waals surface area contributed by atoms with Crippen LogP contribution in [-0.2, 0) is 15.7 Å². The lowest BCUT2D eigenvalue weighted by Gasteiger charge is -2.26. The Kier molecular flexibility index (Phi) is 7.32. The summed E-state index contributed by atoms with van der Waals surface area (Å²) in [5, 5.41) is 13.5. The van der Waals surface area contributed by atoms with Crippen molar-refractivity contribution in [3.05, 3.63) is 59.0 Å². The minimum atomic E-state index is -4.63. The third-order valence-electron chi connectivity index (χ3n) is 6.43. The summed E-state index contributed by atoms with van der Waals surface area (Å²) in [7, 11) is 0. The van der Waals surface area contributed by atoms with E-state index in [1.54, 1.807) is 28.0 Å². The Balaban J connectivity index is 1.23. The van der Waals surface area contributed by atoms with E-state index in [0.29, 0.717) is 56.1 Å². The van der Waals surface area contributed by atoms with Crippen molar-refractivity contribution in [3.8, 4) is 11.3 Å². The van der Waals surface area contributed by atoms with Crippen LogP contribution < -0.4 is 10.6 Å². The van der Waals surface area contributed by atoms with E-state index in [4.69, 9.17) is 16.3 Å². The number of ether oxygens (including phenoxy) is 1. The molecule has 2 aliphatic heterocycles. The molecule has 5 rings (SSSR count). The number of morpholine rings is 1. The molecule has 0 radical (unpaired) electrons. The zero-order chi connectivity index (χ0) is 26.9. The van der Waals surface area contributed by atoms with Gasteiger partial charge in [-0.1, -0.05) is 16.8 Å². The van der Waals surface area contributed by atoms with Gasteiger partial charge in [-0.05, 0) is 30.7 Å². The van der Waals surface area contributed by atoms with Crippen molar-refractivity contribution in [2.45, 2.75) is 24.7 Å². The molecule has 3 aromatic rings. The van der Waals surface area contributed by atoms with Gasteiger partial charge in [-0.15, -0.1) is 5.10 Å². The van der Waals surface area contributed by atoms with Crippen LogP contribution in [0, 0.1) is 0 Å². The van der Waals surface area contributed by atoms with Crippen molar-refractivity contribution in [2.24, 2.45) is 0 Å². The zero-order valence-electron chi connectivity index (χ0n) is 19.9. The van der Waals surface area contributed by atoms with Crippen LogP contribution in [0.5, 0.6) is 0 Å². The molecule has 1 aromatic carbocycles. The predicted molar refractivity (Wildman–Crippen MR) is 131 cm³/mol. The summed E-state index contributed by atoms with van der Waals surface area (Å²) in [5.74, 6) is -0.603. The van der Waals surface area contributed by atoms with E-state index < -0.39 is 28.7 Å². The predicted octanol–water partition coefficient (Wildman–Crippen LogP) is 3.03. The van der Waals surface area contributed by atoms with Gasteiger partial charge in [0.15, 0.2) is 0 Å². The normalized spacial score (nSPS) is 19.9. The van der Waals surface area contributed by atoms with Crippen LogP contribution in [-0.4, -0.2) is 75.6 Å². The average Bonchev–Trinajstić information content (AvgIpc) is 3.60. The molecule has 2 N–H and O–H groups in total. The van der Waals surface area contributed by atoms with Crippen LogP contribution in [0.3, 0.4) is 0 Å². The fourth-order valence-electron chi connectivity index (χ4n) is 4.40. The van der Waals surface area contributed by atoms with Gasteiger partial charge in [0.25, 0.3) is 5.91 Å². The van der Waals surface area contributed by atoms with Gasteiger partial charge < -0.3 is 20.3 Å². The smallest absolute Gasteiger partial charge is 0.378 e. The molecule has 10 nitrogen and oxygen atoms in total. The Hall–Kier alpha value is -3.55. The molecule has 2 aliphatic rings. The first-order valence-corrected chi connectivity index (χ1v) is 12.2. The fraction of sp³-hybridized carbons (Fsp3) is 0.375. The molecule has 2 atom stereocenters. The van der Waals surface area contributed by atoms with E-state index in [1.165, 1.54) is 12.3 Å². The van der Waals surface area contributed by atoms with Crippen molar-refractivity contribution in [1.29, 1.82) is 0 Å². The second kappa shape index (κ2) is 10.7. The number of alkyl halides is 3. The number of anilines is 1. The molecular weight excluding hydrogens is 527 g/mol. The van der Waals surface area contributed by atoms with Crippen LogP contribution in [0.4, 0.5) is 18.9 Å². The van der Waals surface area contributed by atoms with Crippen LogP contribution in [0.25, 0.3) is 11.3 Å². The van der Waals surface area contributed by atoms with E-state index in [-0.39, 0.29) is 17.6 Å². The molecule has 2 amide bonds. The number of hydrogen-bond acceptors (Lipinski definition) is 7. The molecule has 0 bridgehead atoms. The molecule has 0 aliphatic carbocycles. The largest absolute Gasteiger partial charge is 0.417 e. The number of rotatable bonds is 5. The van der Waals surface area contributed by atoms with Crippen molar-refractivity contribution >= 4 is 29.1 Å². The topological polar surface area (TPSA) is 114 Å². The first-order valence-electron chi connectivity index (χ1n) is 11.8. The molecule has 0 spiro atoms. The standard InChI is InChI=1S/C24H23ClF3N7O3/c25-19-2-1-16(8-18(19)24(26,27)28)31-22(36)20-9-17(12-30-20)35-13-21(32-33-35)14-7-15(11-29-10-14)23(37)34-3-5-38-6-4-34/h1-2,7-8,10-11,13,17,20,30H,3-6,9,12H2,(H,31,36). The first-order chi connectivity index (χ1) is 18.2. The minimum Gasteiger partial charge on any atom is -0.378 e. The molecule has 2 saturated heterocycles. The number of pyridine rings is 1. The highest BCUT2D eigenvalue weighted by molar-refractivity contribution is 6.31. The number of carbonyl (C=O) groups excluding carboxylic acids is 2. The Bertz CT molecular complexity index is 1340. The van der Waals surface area contributed by atoms with E-state index in [2.05, 4.69) is 25.9 Å². The molecule has 2 fully saturated rings. The summed E-state index contributed by atoms with van der Waals surface area (Å²) < 4.78 is 46.3. The zero-order valence-corrected chi connectivity index (χ0v) is 20.7. The third kappa shape index (κ3) is 5.64. The Labute approximate surface area is 220 Å². The Morgan fingerprint density at radius 2 is 1.95 bits per heavy atom. The third-order valence-corrected chi connectivity index (χ3v) is 6.76. The SMILES string of the molecule is O=C(Nc1ccc(Cl)c(C(F)(F)F)c1)C1CC(n2cc(-c3cncc(C(=O)N4CCOCC4)c3)nn2)CN1. The summed E-state index contributed by atoms with van der Waals surface area (Å²) in [5.41, 5.74) is 0.560. The maximum Gasteiger partial charge on any atom is 0.417 e. The summed E-state index contributed by atoms with van der Waals surface area (Å²) in [6.45, 7) is 2.43. The molecule has 2 aromatic heterocycles. The van der Waals surface area contributed by atoms with Gasteiger partial charge in [-0.2, -0.15) is 13.2 Å². The lowest BCUT2D eigenvalue weighted by molar-refractivity contribution is -0.137. The summed E-state index contributed by atoms with van der Waals surface area (Å²) in [4.78, 5) is 31.4. The summed E-state index contributed by atoms with van der Waals surface area (Å²) in [6.07, 6.45) is 0.525. The molecular formula is C24H23ClF3N7O3. The Morgan fingerprint density at radius 1 is 1.16 bits per heavy atom. The van der Waals surface area contributed by atoms with Crippen LogP contribution in [0.1, 0.15) is 28.4 Å². The molecule has 14 heteroatoms. The van der Waals surface area contributed by atoms with Crippen molar-refractivity contribution < 1.29 is 27.5 Å². The quantitative estimate of drug-likeness (QED) is 0.503. The van der Waals surface area contributed by atoms with Crippen LogP contribution in [0.2, 0.25) is 5.02 Å². The number of halogens is 4. The number of amides is 2. The molecule has 4 heterocycles. The van der Waals surface area contributed by atoms with E-state index in [9.17, 15) is 22.8 Å². The van der Waals surface area contributed by atoms with Crippen molar-refractivity contribution in [1.82, 2.24) is 30.2 Å². The van der Waals surface area contributed by atoms with Crippen molar-refractivity contribution in [2.75, 3.05) is 38.2 Å². The van der Waals surface area contributed by atoms with Crippen LogP contribution >= 0.6 is 11.6 Å². The van der Waals surface area contributed by atoms with Gasteiger partial charge in [-0.3, -0.25) is 14.6 Å². The van der Waals surface area contributed by atoms with Gasteiger partial charge in [0, 0.05) is 43.3 Å². The summed E-state index contributed by atoms with van der Waals surface area (Å²) in [6, 6.07) is 4.08. The maximum absolute atomic E-state index is 13.1. The highest BCUT2D eigenvalue weighted by Crippen LogP contribution is 2.36. The number of benzene rings is 1. The molecule has 38 heavy (non-hydrogen) atoms. The van der Waals surface area contributed by atoms with Crippen LogP contribution in [0.15, 0.2) is 42.9 Å². The maximum atomic E-state index is 13.1. The van der Waals surface area contributed by atoms with Gasteiger partial charge >= 0.3 is 6.18 Å². The highest BCUT2D eigenvalue weighted by atomic mass is 35.5. The number of aromatic nitrogens is 4. The second-order valence-corrected chi connectivity index (χ2v) is 9.39. The van der Waals surface area contributed by atoms with E-state index in [0.717, 1.165) is 12.1 Å². The number of carbonyl (C=O) groups is 2. The highest BCUT2D eigenvalue weighted by Gasteiger charge is 2.35. The van der Waals surface area contributed by atoms with E-state index in [1.807, 2.05) is 0 Å². The lowest BCUT2D eigenvalue weighted by Crippen LogP contribution is -2.40. The van der Waals surface area contributed by atoms with E-state index >= 15 is 0 Å². The number of hydrogen-bond donors (Lipinski definition) is 2. The minimum absolute atomic E-state index is 0.000903. The average molecular weight is 550 g/mol. The fourth-order valence-corrected chi connectivity index (χ4v) is 4.63. The lowest BCUT2D eigenvalue weighted by atomic mass is 10.1. The number of nitrogens with one attached hydrogen (secondary N) is 2. The number of nitrogens with zero attached hydrogens (tertiary/aromatic N) is 5. The Morgan fingerprint density at radius 3 is 2.71 bits per heavy atom.